The second kappa shape index (κ2) is 6.40. The van der Waals surface area contributed by atoms with E-state index in [-0.39, 0.29) is 29.3 Å². The van der Waals surface area contributed by atoms with Crippen LogP contribution in [0.4, 0.5) is 0 Å². The van der Waals surface area contributed by atoms with Gasteiger partial charge in [-0.3, -0.25) is 9.59 Å². The predicted molar refractivity (Wildman–Crippen MR) is 76.7 cm³/mol. The van der Waals surface area contributed by atoms with Crippen molar-refractivity contribution in [2.45, 2.75) is 72.4 Å². The van der Waals surface area contributed by atoms with E-state index in [1.807, 2.05) is 18.7 Å². The van der Waals surface area contributed by atoms with Crippen molar-refractivity contribution in [1.82, 2.24) is 10.2 Å². The number of amides is 2. The van der Waals surface area contributed by atoms with Crippen LogP contribution >= 0.6 is 0 Å². The Morgan fingerprint density at radius 1 is 1.32 bits per heavy atom. The molecule has 1 aliphatic rings. The molecule has 4 heteroatoms. The van der Waals surface area contributed by atoms with E-state index in [1.54, 1.807) is 0 Å². The highest BCUT2D eigenvalue weighted by Gasteiger charge is 2.33. The molecule has 0 aliphatic carbocycles. The van der Waals surface area contributed by atoms with Crippen molar-refractivity contribution in [2.75, 3.05) is 6.54 Å². The van der Waals surface area contributed by atoms with Crippen LogP contribution in [0.25, 0.3) is 0 Å². The molecule has 110 valence electrons. The summed E-state index contributed by atoms with van der Waals surface area (Å²) >= 11 is 0. The number of hydrogen-bond acceptors (Lipinski definition) is 2. The molecule has 1 N–H and O–H groups in total. The van der Waals surface area contributed by atoms with Gasteiger partial charge in [0.1, 0.15) is 6.04 Å². The van der Waals surface area contributed by atoms with E-state index in [0.717, 1.165) is 25.8 Å². The number of nitrogens with one attached hydrogen (secondary N) is 1. The SMILES string of the molecule is CCCC1NC(=O)CC(C)N(CCC(C)(C)C)C1=O. The Labute approximate surface area is 116 Å². The smallest absolute Gasteiger partial charge is 0.245 e. The second-order valence-electron chi connectivity index (χ2n) is 6.80. The minimum atomic E-state index is -0.331. The van der Waals surface area contributed by atoms with Gasteiger partial charge in [-0.15, -0.1) is 0 Å². The largest absolute Gasteiger partial charge is 0.344 e. The standard InChI is InChI=1S/C15H28N2O2/c1-6-7-12-14(19)17(9-8-15(3,4)5)11(2)10-13(18)16-12/h11-12H,6-10H2,1-5H3,(H,16,18). The van der Waals surface area contributed by atoms with Crippen molar-refractivity contribution in [3.63, 3.8) is 0 Å². The van der Waals surface area contributed by atoms with Crippen LogP contribution in [0.5, 0.6) is 0 Å². The predicted octanol–water partition coefficient (Wildman–Crippen LogP) is 2.33. The van der Waals surface area contributed by atoms with E-state index < -0.39 is 0 Å². The Balaban J connectivity index is 2.79. The molecule has 1 rings (SSSR count). The van der Waals surface area contributed by atoms with Crippen LogP contribution in [-0.4, -0.2) is 35.3 Å². The minimum absolute atomic E-state index is 0.00226. The van der Waals surface area contributed by atoms with Crippen molar-refractivity contribution < 1.29 is 9.59 Å². The van der Waals surface area contributed by atoms with Gasteiger partial charge in [-0.05, 0) is 25.2 Å². The third-order valence-corrected chi connectivity index (χ3v) is 3.61. The van der Waals surface area contributed by atoms with Crippen LogP contribution in [0.1, 0.15) is 60.3 Å². The van der Waals surface area contributed by atoms with Crippen molar-refractivity contribution in [2.24, 2.45) is 5.41 Å². The number of hydrogen-bond donors (Lipinski definition) is 1. The summed E-state index contributed by atoms with van der Waals surface area (Å²) in [6, 6.07) is -0.334. The van der Waals surface area contributed by atoms with Crippen LogP contribution in [0.15, 0.2) is 0 Å². The Bertz CT molecular complexity index is 334. The van der Waals surface area contributed by atoms with Crippen LogP contribution in [-0.2, 0) is 9.59 Å². The highest BCUT2D eigenvalue weighted by molar-refractivity contribution is 5.90. The molecule has 0 aromatic rings. The summed E-state index contributed by atoms with van der Waals surface area (Å²) in [7, 11) is 0. The number of carbonyl (C=O) groups is 2. The monoisotopic (exact) mass is 268 g/mol. The van der Waals surface area contributed by atoms with Gasteiger partial charge in [-0.2, -0.15) is 0 Å². The Kier molecular flexibility index (Phi) is 5.39. The number of nitrogens with zero attached hydrogens (tertiary/aromatic N) is 1. The van der Waals surface area contributed by atoms with E-state index in [4.69, 9.17) is 0 Å². The molecule has 0 radical (unpaired) electrons. The van der Waals surface area contributed by atoms with Gasteiger partial charge in [0.2, 0.25) is 11.8 Å². The molecular weight excluding hydrogens is 240 g/mol. The summed E-state index contributed by atoms with van der Waals surface area (Å²) in [6.45, 7) is 11.3. The molecule has 0 bridgehead atoms. The molecule has 2 unspecified atom stereocenters. The molecule has 0 saturated carbocycles. The van der Waals surface area contributed by atoms with Gasteiger partial charge >= 0.3 is 0 Å². The van der Waals surface area contributed by atoms with E-state index >= 15 is 0 Å². The lowest BCUT2D eigenvalue weighted by molar-refractivity contribution is -0.135. The van der Waals surface area contributed by atoms with E-state index in [1.165, 1.54) is 0 Å². The van der Waals surface area contributed by atoms with Gasteiger partial charge in [0.15, 0.2) is 0 Å². The van der Waals surface area contributed by atoms with E-state index in [2.05, 4.69) is 26.1 Å². The average Bonchev–Trinajstić information content (AvgIpc) is 2.34. The molecule has 0 aromatic heterocycles. The first kappa shape index (κ1) is 16.0. The van der Waals surface area contributed by atoms with Crippen molar-refractivity contribution in [3.05, 3.63) is 0 Å². The fraction of sp³-hybridized carbons (Fsp3) is 0.867. The van der Waals surface area contributed by atoms with Crippen LogP contribution in [0.3, 0.4) is 0 Å². The molecule has 4 nitrogen and oxygen atoms in total. The lowest BCUT2D eigenvalue weighted by atomic mass is 9.91. The topological polar surface area (TPSA) is 49.4 Å². The maximum atomic E-state index is 12.5. The highest BCUT2D eigenvalue weighted by atomic mass is 16.2. The molecule has 2 atom stereocenters. The Morgan fingerprint density at radius 2 is 1.95 bits per heavy atom. The molecule has 1 aliphatic heterocycles. The Morgan fingerprint density at radius 3 is 2.47 bits per heavy atom. The summed E-state index contributed by atoms with van der Waals surface area (Å²) < 4.78 is 0. The normalized spacial score (nSPS) is 25.2. The van der Waals surface area contributed by atoms with Crippen LogP contribution in [0.2, 0.25) is 0 Å². The molecule has 0 spiro atoms. The van der Waals surface area contributed by atoms with Gasteiger partial charge in [-0.1, -0.05) is 34.1 Å². The molecular formula is C15H28N2O2. The Hall–Kier alpha value is -1.06. The summed E-state index contributed by atoms with van der Waals surface area (Å²) in [6.07, 6.45) is 2.99. The lowest BCUT2D eigenvalue weighted by Crippen LogP contribution is -2.47. The van der Waals surface area contributed by atoms with Crippen molar-refractivity contribution in [1.29, 1.82) is 0 Å². The highest BCUT2D eigenvalue weighted by Crippen LogP contribution is 2.22. The first-order valence-corrected chi connectivity index (χ1v) is 7.34. The van der Waals surface area contributed by atoms with Crippen LogP contribution < -0.4 is 5.32 Å². The zero-order valence-corrected chi connectivity index (χ0v) is 13.0. The maximum Gasteiger partial charge on any atom is 0.245 e. The fourth-order valence-electron chi connectivity index (χ4n) is 2.38. The van der Waals surface area contributed by atoms with E-state index in [0.29, 0.717) is 6.42 Å². The fourth-order valence-corrected chi connectivity index (χ4v) is 2.38. The molecule has 19 heavy (non-hydrogen) atoms. The second-order valence-corrected chi connectivity index (χ2v) is 6.80. The summed E-state index contributed by atoms with van der Waals surface area (Å²) in [4.78, 5) is 26.2. The molecule has 2 amide bonds. The third-order valence-electron chi connectivity index (χ3n) is 3.61. The number of carbonyl (C=O) groups excluding carboxylic acids is 2. The van der Waals surface area contributed by atoms with E-state index in [9.17, 15) is 9.59 Å². The van der Waals surface area contributed by atoms with Gasteiger partial charge in [-0.25, -0.2) is 0 Å². The van der Waals surface area contributed by atoms with Crippen LogP contribution in [0, 0.1) is 5.41 Å². The van der Waals surface area contributed by atoms with Gasteiger partial charge < -0.3 is 10.2 Å². The van der Waals surface area contributed by atoms with Gasteiger partial charge in [0.25, 0.3) is 0 Å². The number of rotatable bonds is 4. The zero-order valence-electron chi connectivity index (χ0n) is 13.0. The average molecular weight is 268 g/mol. The minimum Gasteiger partial charge on any atom is -0.344 e. The first-order valence-electron chi connectivity index (χ1n) is 7.34. The summed E-state index contributed by atoms with van der Waals surface area (Å²) in [5.41, 5.74) is 0.198. The molecule has 0 aromatic carbocycles. The summed E-state index contributed by atoms with van der Waals surface area (Å²) in [5, 5.41) is 2.86. The first-order chi connectivity index (χ1) is 8.74. The summed E-state index contributed by atoms with van der Waals surface area (Å²) in [5.74, 6) is 0.0852. The maximum absolute atomic E-state index is 12.5. The zero-order chi connectivity index (χ0) is 14.6. The lowest BCUT2D eigenvalue weighted by Gasteiger charge is -2.31. The molecule has 1 heterocycles. The quantitative estimate of drug-likeness (QED) is 0.850. The third kappa shape index (κ3) is 4.84. The van der Waals surface area contributed by atoms with Gasteiger partial charge in [0, 0.05) is 19.0 Å². The molecule has 1 fully saturated rings. The molecule has 1 saturated heterocycles. The van der Waals surface area contributed by atoms with Crippen molar-refractivity contribution >= 4 is 11.8 Å². The van der Waals surface area contributed by atoms with Crippen molar-refractivity contribution in [3.8, 4) is 0 Å². The van der Waals surface area contributed by atoms with Gasteiger partial charge in [0.05, 0.1) is 0 Å².